The number of piperidine rings is 1. The molecule has 1 fully saturated rings. The lowest BCUT2D eigenvalue weighted by atomic mass is 10.0. The minimum Gasteiger partial charge on any atom is -0.382 e. The molecule has 3 N–H and O–H groups in total. The summed E-state index contributed by atoms with van der Waals surface area (Å²) in [4.78, 5) is 23.8. The zero-order valence-corrected chi connectivity index (χ0v) is 31.0. The maximum atomic E-state index is 14.4. The van der Waals surface area contributed by atoms with Crippen LogP contribution in [0, 0.1) is 0 Å². The summed E-state index contributed by atoms with van der Waals surface area (Å²) < 4.78 is 2.18. The van der Waals surface area contributed by atoms with Gasteiger partial charge in [-0.15, -0.1) is 0 Å². The van der Waals surface area contributed by atoms with E-state index >= 15 is 0 Å². The summed E-state index contributed by atoms with van der Waals surface area (Å²) in [7, 11) is 2.08. The van der Waals surface area contributed by atoms with Gasteiger partial charge in [0.1, 0.15) is 5.82 Å². The number of nitrogens with two attached hydrogens (primary N) is 1. The van der Waals surface area contributed by atoms with E-state index in [9.17, 15) is 4.79 Å². The molecule has 1 amide bonds. The number of anilines is 2. The number of likely N-dealkylation sites (tertiary alicyclic amines) is 1. The number of amides is 1. The van der Waals surface area contributed by atoms with E-state index in [-0.39, 0.29) is 5.91 Å². The first kappa shape index (κ1) is 35.3. The Morgan fingerprint density at radius 1 is 0.778 bits per heavy atom. The molecule has 272 valence electrons. The van der Waals surface area contributed by atoms with Gasteiger partial charge in [0.2, 0.25) is 5.91 Å². The van der Waals surface area contributed by atoms with Crippen molar-refractivity contribution in [2.45, 2.75) is 44.8 Å². The van der Waals surface area contributed by atoms with Crippen LogP contribution in [0.25, 0.3) is 32.9 Å². The van der Waals surface area contributed by atoms with Crippen LogP contribution in [0.3, 0.4) is 0 Å². The van der Waals surface area contributed by atoms with Gasteiger partial charge in [-0.25, -0.2) is 4.98 Å². The number of rotatable bonds is 12. The predicted molar refractivity (Wildman–Crippen MR) is 223 cm³/mol. The highest BCUT2D eigenvalue weighted by molar-refractivity contribution is 5.97. The molecule has 0 unspecified atom stereocenters. The van der Waals surface area contributed by atoms with E-state index in [1.54, 1.807) is 0 Å². The first-order chi connectivity index (χ1) is 26.5. The van der Waals surface area contributed by atoms with Gasteiger partial charge in [0, 0.05) is 50.5 Å². The fourth-order valence-electron chi connectivity index (χ4n) is 7.79. The number of imidazole rings is 1. The Morgan fingerprint density at radius 3 is 2.26 bits per heavy atom. The number of nitrogens with zero attached hydrogens (tertiary/aromatic N) is 4. The number of benzene rings is 6. The fourth-order valence-corrected chi connectivity index (χ4v) is 7.79. The van der Waals surface area contributed by atoms with Gasteiger partial charge in [0.15, 0.2) is 0 Å². The molecule has 0 aliphatic carbocycles. The van der Waals surface area contributed by atoms with E-state index in [4.69, 9.17) is 10.7 Å². The highest BCUT2D eigenvalue weighted by Crippen LogP contribution is 2.28. The summed E-state index contributed by atoms with van der Waals surface area (Å²) in [5.74, 6) is 1.13. The molecule has 8 rings (SSSR count). The van der Waals surface area contributed by atoms with Crippen LogP contribution in [-0.4, -0.2) is 46.0 Å². The van der Waals surface area contributed by atoms with E-state index in [0.29, 0.717) is 25.7 Å². The van der Waals surface area contributed by atoms with Crippen molar-refractivity contribution in [1.82, 2.24) is 14.5 Å². The van der Waals surface area contributed by atoms with E-state index in [2.05, 4.69) is 155 Å². The Hall–Kier alpha value is -5.76. The molecule has 0 bridgehead atoms. The van der Waals surface area contributed by atoms with Crippen LogP contribution in [0.2, 0.25) is 0 Å². The number of hydrogen-bond acceptors (Lipinski definition) is 5. The third kappa shape index (κ3) is 7.93. The van der Waals surface area contributed by atoms with Crippen molar-refractivity contribution in [3.8, 4) is 11.1 Å². The Balaban J connectivity index is 0.973. The van der Waals surface area contributed by atoms with E-state index in [0.717, 1.165) is 78.1 Å². The first-order valence-electron chi connectivity index (χ1n) is 19.2. The average Bonchev–Trinajstić information content (AvgIpc) is 3.54. The van der Waals surface area contributed by atoms with Gasteiger partial charge in [-0.05, 0) is 88.2 Å². The van der Waals surface area contributed by atoms with Crippen LogP contribution in [0.4, 0.5) is 11.4 Å². The summed E-state index contributed by atoms with van der Waals surface area (Å²) in [6, 6.07) is 49.2. The van der Waals surface area contributed by atoms with Gasteiger partial charge in [0.25, 0.3) is 0 Å². The Kier molecular flexibility index (Phi) is 10.5. The van der Waals surface area contributed by atoms with Crippen LogP contribution in [0.15, 0.2) is 140 Å². The maximum absolute atomic E-state index is 14.4. The number of aromatic nitrogens is 2. The Bertz CT molecular complexity index is 2340. The normalized spacial score (nSPS) is 13.7. The first-order valence-corrected chi connectivity index (χ1v) is 19.2. The zero-order valence-electron chi connectivity index (χ0n) is 31.0. The van der Waals surface area contributed by atoms with Gasteiger partial charge in [-0.1, -0.05) is 109 Å². The second kappa shape index (κ2) is 16.1. The van der Waals surface area contributed by atoms with Crippen molar-refractivity contribution >= 4 is 39.1 Å². The van der Waals surface area contributed by atoms with Crippen LogP contribution in [0.1, 0.15) is 35.4 Å². The minimum absolute atomic E-state index is 0.0993. The topological polar surface area (TPSA) is 79.4 Å². The van der Waals surface area contributed by atoms with E-state index < -0.39 is 0 Å². The highest BCUT2D eigenvalue weighted by Gasteiger charge is 2.25. The third-order valence-corrected chi connectivity index (χ3v) is 11.0. The fraction of sp³-hybridized carbons (Fsp3) is 0.234. The van der Waals surface area contributed by atoms with Crippen molar-refractivity contribution in [3.05, 3.63) is 162 Å². The molecule has 7 aromatic rings. The molecule has 0 saturated carbocycles. The van der Waals surface area contributed by atoms with Gasteiger partial charge >= 0.3 is 0 Å². The average molecular weight is 713 g/mol. The van der Waals surface area contributed by atoms with Gasteiger partial charge in [0.05, 0.1) is 24.1 Å². The molecule has 0 atom stereocenters. The Labute approximate surface area is 318 Å². The molecule has 54 heavy (non-hydrogen) atoms. The zero-order chi connectivity index (χ0) is 36.9. The highest BCUT2D eigenvalue weighted by atomic mass is 16.2. The van der Waals surface area contributed by atoms with Gasteiger partial charge < -0.3 is 20.5 Å². The number of aryl methyl sites for hydroxylation is 3. The second-order valence-electron chi connectivity index (χ2n) is 14.5. The van der Waals surface area contributed by atoms with Crippen LogP contribution in [0.5, 0.6) is 0 Å². The lowest BCUT2D eigenvalue weighted by Crippen LogP contribution is -2.45. The van der Waals surface area contributed by atoms with Crippen LogP contribution in [-0.2, 0) is 37.8 Å². The standard InChI is InChI=1S/C47H48N6O/c1-51-45-24-23-42(30-44(45)50-46(51)25-18-34-14-16-35(31-48)17-15-34)53(32-39-12-7-11-38-10-5-6-13-43(38)39)47(54)33-52-28-26-41(27-29-52)49-40-21-19-37(20-22-40)36-8-3-2-4-9-36/h2-17,19-24,30,41,49H,18,25-29,31-33,48H2,1H3. The molecule has 1 saturated heterocycles. The SMILES string of the molecule is Cn1c(CCc2ccc(CN)cc2)nc2cc(N(Cc3cccc4ccccc34)C(=O)CN3CCC(Nc4ccc(-c5ccccc5)cc4)CC3)ccc21. The molecule has 1 aliphatic heterocycles. The molecule has 2 heterocycles. The molecule has 0 spiro atoms. The number of nitrogens with one attached hydrogen (secondary N) is 1. The molecule has 7 nitrogen and oxygen atoms in total. The molecular formula is C47H48N6O. The summed E-state index contributed by atoms with van der Waals surface area (Å²) in [5.41, 5.74) is 15.8. The molecule has 6 aromatic carbocycles. The quantitative estimate of drug-likeness (QED) is 0.133. The van der Waals surface area contributed by atoms with Crippen molar-refractivity contribution in [3.63, 3.8) is 0 Å². The van der Waals surface area contributed by atoms with Gasteiger partial charge in [-0.2, -0.15) is 0 Å². The van der Waals surface area contributed by atoms with E-state index in [1.165, 1.54) is 27.5 Å². The predicted octanol–water partition coefficient (Wildman–Crippen LogP) is 8.75. The maximum Gasteiger partial charge on any atom is 0.241 e. The summed E-state index contributed by atoms with van der Waals surface area (Å²) >= 11 is 0. The van der Waals surface area contributed by atoms with Crippen LogP contribution >= 0.6 is 0 Å². The summed E-state index contributed by atoms with van der Waals surface area (Å²) in [6.07, 6.45) is 3.69. The van der Waals surface area contributed by atoms with Crippen LogP contribution < -0.4 is 16.0 Å². The minimum atomic E-state index is 0.0993. The van der Waals surface area contributed by atoms with Gasteiger partial charge in [-0.3, -0.25) is 9.69 Å². The molecule has 1 aliphatic rings. The molecular weight excluding hydrogens is 665 g/mol. The molecule has 7 heteroatoms. The number of carbonyl (C=O) groups is 1. The van der Waals surface area contributed by atoms with Crippen molar-refractivity contribution in [2.75, 3.05) is 29.9 Å². The lowest BCUT2D eigenvalue weighted by Gasteiger charge is -2.34. The number of carbonyl (C=O) groups excluding carboxylic acids is 1. The van der Waals surface area contributed by atoms with E-state index in [1.807, 2.05) is 11.0 Å². The second-order valence-corrected chi connectivity index (χ2v) is 14.5. The largest absolute Gasteiger partial charge is 0.382 e. The third-order valence-electron chi connectivity index (χ3n) is 11.0. The monoisotopic (exact) mass is 712 g/mol. The summed E-state index contributed by atoms with van der Waals surface area (Å²) in [5, 5.41) is 6.09. The molecule has 1 aromatic heterocycles. The van der Waals surface area contributed by atoms with Crippen molar-refractivity contribution in [2.24, 2.45) is 12.8 Å². The Morgan fingerprint density at radius 2 is 1.48 bits per heavy atom. The smallest absolute Gasteiger partial charge is 0.241 e. The lowest BCUT2D eigenvalue weighted by molar-refractivity contribution is -0.120. The number of fused-ring (bicyclic) bond motifs is 2. The van der Waals surface area contributed by atoms with Crippen molar-refractivity contribution < 1.29 is 4.79 Å². The summed E-state index contributed by atoms with van der Waals surface area (Å²) in [6.45, 7) is 3.14. The number of hydrogen-bond donors (Lipinski definition) is 2. The van der Waals surface area contributed by atoms with Crippen molar-refractivity contribution in [1.29, 1.82) is 0 Å². The molecule has 0 radical (unpaired) electrons.